The molecule has 1 aromatic rings. The van der Waals surface area contributed by atoms with E-state index in [2.05, 4.69) is 5.32 Å². The topological polar surface area (TPSA) is 75.6 Å². The van der Waals surface area contributed by atoms with E-state index in [0.717, 1.165) is 0 Å². The summed E-state index contributed by atoms with van der Waals surface area (Å²) in [5.41, 5.74) is 0.604. The molecule has 0 heterocycles. The van der Waals surface area contributed by atoms with Gasteiger partial charge >= 0.3 is 5.97 Å². The zero-order chi connectivity index (χ0) is 17.4. The van der Waals surface area contributed by atoms with Crippen LogP contribution in [0.2, 0.25) is 0 Å². The molecule has 1 saturated carbocycles. The summed E-state index contributed by atoms with van der Waals surface area (Å²) < 4.78 is 18.7. The summed E-state index contributed by atoms with van der Waals surface area (Å²) in [4.78, 5) is 24.1. The zero-order valence-electron chi connectivity index (χ0n) is 13.5. The number of benzene rings is 1. The number of fused-ring (bicyclic) bond motifs is 2. The fraction of sp³-hybridized carbons (Fsp3) is 0.444. The molecule has 5 atom stereocenters. The highest BCUT2D eigenvalue weighted by atomic mass is 19.1. The minimum Gasteiger partial charge on any atom is -0.494 e. The fourth-order valence-corrected chi connectivity index (χ4v) is 3.86. The van der Waals surface area contributed by atoms with Crippen molar-refractivity contribution in [3.8, 4) is 5.75 Å². The van der Waals surface area contributed by atoms with Gasteiger partial charge in [0.1, 0.15) is 0 Å². The number of rotatable bonds is 5. The largest absolute Gasteiger partial charge is 0.494 e. The molecule has 24 heavy (non-hydrogen) atoms. The van der Waals surface area contributed by atoms with Gasteiger partial charge in [0.05, 0.1) is 25.0 Å². The average Bonchev–Trinajstić information content (AvgIpc) is 3.15. The van der Waals surface area contributed by atoms with Crippen molar-refractivity contribution in [2.75, 3.05) is 7.11 Å². The number of allylic oxidation sites excluding steroid dienone is 2. The van der Waals surface area contributed by atoms with Crippen molar-refractivity contribution < 1.29 is 23.8 Å². The summed E-state index contributed by atoms with van der Waals surface area (Å²) in [5, 5.41) is 12.3. The Bertz CT molecular complexity index is 702. The van der Waals surface area contributed by atoms with E-state index in [4.69, 9.17) is 4.74 Å². The van der Waals surface area contributed by atoms with E-state index in [1.807, 2.05) is 12.2 Å². The van der Waals surface area contributed by atoms with Crippen molar-refractivity contribution in [3.63, 3.8) is 0 Å². The molecule has 3 rings (SSSR count). The fourth-order valence-electron chi connectivity index (χ4n) is 3.86. The van der Waals surface area contributed by atoms with Crippen LogP contribution in [0.25, 0.3) is 0 Å². The van der Waals surface area contributed by atoms with E-state index >= 15 is 0 Å². The number of carbonyl (C=O) groups excluding carboxylic acids is 1. The molecule has 0 aliphatic heterocycles. The van der Waals surface area contributed by atoms with Gasteiger partial charge in [-0.15, -0.1) is 0 Å². The Hall–Kier alpha value is -2.37. The van der Waals surface area contributed by atoms with Crippen LogP contribution in [0.5, 0.6) is 5.75 Å². The molecule has 5 nitrogen and oxygen atoms in total. The second-order valence-electron chi connectivity index (χ2n) is 6.46. The molecule has 128 valence electrons. The van der Waals surface area contributed by atoms with Gasteiger partial charge in [-0.25, -0.2) is 4.39 Å². The number of aliphatic carboxylic acids is 1. The van der Waals surface area contributed by atoms with E-state index in [0.29, 0.717) is 12.0 Å². The molecular weight excluding hydrogens is 313 g/mol. The van der Waals surface area contributed by atoms with Crippen LogP contribution in [-0.2, 0) is 9.59 Å². The van der Waals surface area contributed by atoms with Crippen molar-refractivity contribution >= 4 is 11.9 Å². The summed E-state index contributed by atoms with van der Waals surface area (Å²) in [7, 11) is 1.39. The maximum atomic E-state index is 13.8. The third kappa shape index (κ3) is 2.77. The van der Waals surface area contributed by atoms with E-state index in [-0.39, 0.29) is 23.5 Å². The summed E-state index contributed by atoms with van der Waals surface area (Å²) in [6.07, 6.45) is 4.54. The van der Waals surface area contributed by atoms with Crippen LogP contribution >= 0.6 is 0 Å². The number of ether oxygens (including phenoxy) is 1. The van der Waals surface area contributed by atoms with Crippen molar-refractivity contribution in [3.05, 3.63) is 41.7 Å². The second-order valence-corrected chi connectivity index (χ2v) is 6.46. The second kappa shape index (κ2) is 6.26. The lowest BCUT2D eigenvalue weighted by atomic mass is 9.82. The van der Waals surface area contributed by atoms with Crippen LogP contribution in [0.15, 0.2) is 30.4 Å². The summed E-state index contributed by atoms with van der Waals surface area (Å²) in [6, 6.07) is 4.09. The minimum atomic E-state index is -0.935. The Balaban J connectivity index is 1.73. The van der Waals surface area contributed by atoms with E-state index in [1.54, 1.807) is 13.0 Å². The highest BCUT2D eigenvalue weighted by molar-refractivity contribution is 5.87. The Morgan fingerprint density at radius 3 is 2.54 bits per heavy atom. The van der Waals surface area contributed by atoms with Gasteiger partial charge in [-0.2, -0.15) is 0 Å². The van der Waals surface area contributed by atoms with Crippen LogP contribution in [0.3, 0.4) is 0 Å². The lowest BCUT2D eigenvalue weighted by molar-refractivity contribution is -0.148. The van der Waals surface area contributed by atoms with Crippen LogP contribution in [0.4, 0.5) is 4.39 Å². The number of hydrogen-bond donors (Lipinski definition) is 2. The van der Waals surface area contributed by atoms with Crippen LogP contribution < -0.4 is 10.1 Å². The molecule has 2 N–H and O–H groups in total. The number of hydrogen-bond acceptors (Lipinski definition) is 3. The number of halogens is 1. The SMILES string of the molecule is COc1ccc(C(C)NC(=O)C2C3C=CC(C3)C2C(=O)O)cc1F. The maximum absolute atomic E-state index is 13.8. The highest BCUT2D eigenvalue weighted by Gasteiger charge is 2.51. The molecule has 1 aromatic carbocycles. The molecule has 6 heteroatoms. The molecule has 0 aromatic heterocycles. The third-order valence-electron chi connectivity index (χ3n) is 5.08. The van der Waals surface area contributed by atoms with Gasteiger partial charge in [-0.05, 0) is 42.9 Å². The number of methoxy groups -OCH3 is 1. The predicted octanol–water partition coefficient (Wildman–Crippen LogP) is 2.53. The van der Waals surface area contributed by atoms with Gasteiger partial charge in [-0.3, -0.25) is 9.59 Å². The molecule has 5 unspecified atom stereocenters. The van der Waals surface area contributed by atoms with Gasteiger partial charge in [0.25, 0.3) is 0 Å². The Morgan fingerprint density at radius 2 is 1.96 bits per heavy atom. The van der Waals surface area contributed by atoms with Crippen LogP contribution in [0.1, 0.15) is 24.9 Å². The first-order chi connectivity index (χ1) is 11.4. The van der Waals surface area contributed by atoms with Crippen molar-refractivity contribution in [2.24, 2.45) is 23.7 Å². The Labute approximate surface area is 139 Å². The molecular formula is C18H20FNO4. The lowest BCUT2D eigenvalue weighted by Gasteiger charge is -2.26. The predicted molar refractivity (Wildman–Crippen MR) is 84.9 cm³/mol. The maximum Gasteiger partial charge on any atom is 0.307 e. The van der Waals surface area contributed by atoms with Crippen molar-refractivity contribution in [1.29, 1.82) is 0 Å². The molecule has 2 aliphatic rings. The van der Waals surface area contributed by atoms with Crippen LogP contribution in [0, 0.1) is 29.5 Å². The lowest BCUT2D eigenvalue weighted by Crippen LogP contribution is -2.41. The first-order valence-electron chi connectivity index (χ1n) is 7.97. The first kappa shape index (κ1) is 16.5. The van der Waals surface area contributed by atoms with Gasteiger partial charge in [0.15, 0.2) is 11.6 Å². The van der Waals surface area contributed by atoms with Crippen LogP contribution in [-0.4, -0.2) is 24.1 Å². The number of nitrogens with one attached hydrogen (secondary N) is 1. The number of carboxylic acids is 1. The summed E-state index contributed by atoms with van der Waals surface area (Å²) in [5.74, 6) is -2.93. The van der Waals surface area contributed by atoms with E-state index < -0.39 is 29.7 Å². The molecule has 1 fully saturated rings. The van der Waals surface area contributed by atoms with Gasteiger partial charge in [-0.1, -0.05) is 18.2 Å². The van der Waals surface area contributed by atoms with E-state index in [1.165, 1.54) is 19.2 Å². The number of carbonyl (C=O) groups is 2. The third-order valence-corrected chi connectivity index (χ3v) is 5.08. The zero-order valence-corrected chi connectivity index (χ0v) is 13.5. The van der Waals surface area contributed by atoms with Crippen molar-refractivity contribution in [1.82, 2.24) is 5.32 Å². The molecule has 1 amide bonds. The summed E-state index contributed by atoms with van der Waals surface area (Å²) in [6.45, 7) is 1.75. The normalized spacial score (nSPS) is 28.6. The van der Waals surface area contributed by atoms with Crippen molar-refractivity contribution in [2.45, 2.75) is 19.4 Å². The highest BCUT2D eigenvalue weighted by Crippen LogP contribution is 2.48. The molecule has 0 saturated heterocycles. The number of carboxylic acid groups (broad SMARTS) is 1. The molecule has 2 bridgehead atoms. The Kier molecular flexibility index (Phi) is 4.30. The van der Waals surface area contributed by atoms with Gasteiger partial charge in [0.2, 0.25) is 5.91 Å². The van der Waals surface area contributed by atoms with E-state index in [9.17, 15) is 19.1 Å². The number of amides is 1. The van der Waals surface area contributed by atoms with Gasteiger partial charge < -0.3 is 15.2 Å². The molecule has 0 spiro atoms. The standard InChI is InChI=1S/C18H20FNO4/c1-9(10-5-6-14(24-2)13(19)8-10)20-17(21)15-11-3-4-12(7-11)16(15)18(22)23/h3-6,8-9,11-12,15-16H,7H2,1-2H3,(H,20,21)(H,22,23). The van der Waals surface area contributed by atoms with Gasteiger partial charge in [0, 0.05) is 0 Å². The monoisotopic (exact) mass is 333 g/mol. The summed E-state index contributed by atoms with van der Waals surface area (Å²) >= 11 is 0. The smallest absolute Gasteiger partial charge is 0.307 e. The average molecular weight is 333 g/mol. The molecule has 2 aliphatic carbocycles. The Morgan fingerprint density at radius 1 is 1.29 bits per heavy atom. The molecule has 0 radical (unpaired) electrons. The minimum absolute atomic E-state index is 0.0316. The quantitative estimate of drug-likeness (QED) is 0.812. The first-order valence-corrected chi connectivity index (χ1v) is 7.97.